The molecule has 1 fully saturated rings. The third-order valence-electron chi connectivity index (χ3n) is 4.51. The van der Waals surface area contributed by atoms with E-state index in [0.29, 0.717) is 11.3 Å². The van der Waals surface area contributed by atoms with Crippen LogP contribution in [0.3, 0.4) is 0 Å². The van der Waals surface area contributed by atoms with E-state index in [9.17, 15) is 19.2 Å². The molecule has 3 heterocycles. The number of urea groups is 1. The summed E-state index contributed by atoms with van der Waals surface area (Å²) in [6, 6.07) is 12.3. The maximum Gasteiger partial charge on any atom is 0.335 e. The molecule has 148 valence electrons. The first kappa shape index (κ1) is 19.0. The Hall–Kier alpha value is -4.33. The fourth-order valence-corrected chi connectivity index (χ4v) is 2.98. The zero-order valence-electron chi connectivity index (χ0n) is 15.8. The molecule has 0 atom stereocenters. The van der Waals surface area contributed by atoms with Crippen LogP contribution in [0.25, 0.3) is 17.4 Å². The summed E-state index contributed by atoms with van der Waals surface area (Å²) in [5.74, 6) is -0.842. The molecule has 0 aliphatic carbocycles. The number of carbonyl (C=O) groups is 4. The Bertz CT molecular complexity index is 1190. The van der Waals surface area contributed by atoms with E-state index in [0.717, 1.165) is 10.5 Å². The number of rotatable bonds is 4. The van der Waals surface area contributed by atoms with Gasteiger partial charge in [0.25, 0.3) is 11.8 Å². The fourth-order valence-electron chi connectivity index (χ4n) is 2.98. The molecule has 0 spiro atoms. The number of carbonyl (C=O) groups excluding carboxylic acids is 4. The van der Waals surface area contributed by atoms with Gasteiger partial charge in [0.05, 0.1) is 5.69 Å². The zero-order valence-corrected chi connectivity index (χ0v) is 15.8. The normalized spacial score (nSPS) is 15.4. The highest BCUT2D eigenvalue weighted by molar-refractivity contribution is 6.39. The lowest BCUT2D eigenvalue weighted by molar-refractivity contribution is -0.122. The number of nitrogens with one attached hydrogen (secondary N) is 1. The number of ketones is 1. The van der Waals surface area contributed by atoms with Crippen LogP contribution in [-0.2, 0) is 9.59 Å². The maximum absolute atomic E-state index is 12.8. The van der Waals surface area contributed by atoms with Gasteiger partial charge in [-0.3, -0.25) is 24.7 Å². The number of amides is 4. The fraction of sp³-hybridized carbons (Fsp3) is 0.0455. The molecule has 0 unspecified atom stereocenters. The Morgan fingerprint density at radius 3 is 2.37 bits per heavy atom. The van der Waals surface area contributed by atoms with Gasteiger partial charge in [-0.1, -0.05) is 24.3 Å². The second-order valence-corrected chi connectivity index (χ2v) is 6.50. The Balaban J connectivity index is 1.64. The van der Waals surface area contributed by atoms with Gasteiger partial charge < -0.3 is 4.42 Å². The summed E-state index contributed by atoms with van der Waals surface area (Å²) in [4.78, 5) is 53.3. The summed E-state index contributed by atoms with van der Waals surface area (Å²) in [6.07, 6.45) is 4.16. The van der Waals surface area contributed by atoms with Crippen molar-refractivity contribution in [3.8, 4) is 11.3 Å². The Morgan fingerprint density at radius 1 is 1.00 bits per heavy atom. The topological polar surface area (TPSA) is 110 Å². The van der Waals surface area contributed by atoms with Gasteiger partial charge in [-0.15, -0.1) is 0 Å². The summed E-state index contributed by atoms with van der Waals surface area (Å²) >= 11 is 0. The van der Waals surface area contributed by atoms with E-state index in [1.807, 2.05) is 0 Å². The predicted molar refractivity (Wildman–Crippen MR) is 107 cm³/mol. The monoisotopic (exact) mass is 401 g/mol. The number of furan rings is 1. The average Bonchev–Trinajstić information content (AvgIpc) is 3.20. The largest absolute Gasteiger partial charge is 0.457 e. The van der Waals surface area contributed by atoms with Crippen LogP contribution in [0.15, 0.2) is 70.9 Å². The van der Waals surface area contributed by atoms with E-state index >= 15 is 0 Å². The molecule has 4 rings (SSSR count). The van der Waals surface area contributed by atoms with Crippen molar-refractivity contribution < 1.29 is 23.6 Å². The molecule has 0 saturated carbocycles. The number of barbiturate groups is 1. The average molecular weight is 401 g/mol. The number of anilines is 1. The highest BCUT2D eigenvalue weighted by Gasteiger charge is 2.37. The molecule has 30 heavy (non-hydrogen) atoms. The quantitative estimate of drug-likeness (QED) is 0.408. The summed E-state index contributed by atoms with van der Waals surface area (Å²) in [7, 11) is 0. The summed E-state index contributed by atoms with van der Waals surface area (Å²) in [6.45, 7) is 1.48. The second kappa shape index (κ2) is 7.59. The SMILES string of the molecule is CC(=O)c1ccc(-c2ccc(/C=C3\C(=O)NC(=O)N(c4ccncc4)C3=O)o2)cc1. The molecule has 1 aromatic carbocycles. The van der Waals surface area contributed by atoms with Gasteiger partial charge in [-0.25, -0.2) is 9.69 Å². The molecule has 1 aliphatic heterocycles. The van der Waals surface area contributed by atoms with E-state index < -0.39 is 17.8 Å². The first-order valence-corrected chi connectivity index (χ1v) is 8.97. The molecule has 4 amide bonds. The summed E-state index contributed by atoms with van der Waals surface area (Å²) < 4.78 is 5.73. The number of hydrogen-bond acceptors (Lipinski definition) is 6. The molecule has 1 saturated heterocycles. The minimum Gasteiger partial charge on any atom is -0.457 e. The van der Waals surface area contributed by atoms with Gasteiger partial charge in [0.2, 0.25) is 0 Å². The van der Waals surface area contributed by atoms with Gasteiger partial charge in [0, 0.05) is 23.5 Å². The molecule has 8 nitrogen and oxygen atoms in total. The van der Waals surface area contributed by atoms with E-state index in [1.165, 1.54) is 37.5 Å². The molecule has 1 aliphatic rings. The minimum absolute atomic E-state index is 0.0402. The number of benzene rings is 1. The van der Waals surface area contributed by atoms with Gasteiger partial charge in [-0.05, 0) is 37.3 Å². The van der Waals surface area contributed by atoms with Crippen molar-refractivity contribution in [2.24, 2.45) is 0 Å². The molecule has 8 heteroatoms. The third-order valence-corrected chi connectivity index (χ3v) is 4.51. The van der Waals surface area contributed by atoms with Crippen LogP contribution in [0.2, 0.25) is 0 Å². The van der Waals surface area contributed by atoms with E-state index in [-0.39, 0.29) is 22.8 Å². The Morgan fingerprint density at radius 2 is 1.70 bits per heavy atom. The molecular formula is C22H15N3O5. The lowest BCUT2D eigenvalue weighted by atomic mass is 10.1. The highest BCUT2D eigenvalue weighted by atomic mass is 16.3. The number of Topliss-reactive ketones (excluding diaryl/α,β-unsaturated/α-hetero) is 1. The lowest BCUT2D eigenvalue weighted by Crippen LogP contribution is -2.54. The first-order chi connectivity index (χ1) is 14.4. The van der Waals surface area contributed by atoms with Crippen molar-refractivity contribution >= 4 is 35.4 Å². The van der Waals surface area contributed by atoms with Gasteiger partial charge in [-0.2, -0.15) is 0 Å². The van der Waals surface area contributed by atoms with Crippen molar-refractivity contribution in [1.82, 2.24) is 10.3 Å². The van der Waals surface area contributed by atoms with Crippen molar-refractivity contribution in [2.45, 2.75) is 6.92 Å². The maximum atomic E-state index is 12.8. The standard InChI is InChI=1S/C22H15N3O5/c1-13(26)14-2-4-15(5-3-14)19-7-6-17(30-19)12-18-20(27)24-22(29)25(21(18)28)16-8-10-23-11-9-16/h2-12H,1H3,(H,24,27,29)/b18-12+. The van der Waals surface area contributed by atoms with Gasteiger partial charge in [0.1, 0.15) is 17.1 Å². The van der Waals surface area contributed by atoms with Crippen LogP contribution < -0.4 is 10.2 Å². The molecule has 0 bridgehead atoms. The zero-order chi connectivity index (χ0) is 21.3. The van der Waals surface area contributed by atoms with Crippen LogP contribution in [0, 0.1) is 0 Å². The van der Waals surface area contributed by atoms with E-state index in [1.54, 1.807) is 36.4 Å². The molecule has 0 radical (unpaired) electrons. The molecule has 1 N–H and O–H groups in total. The number of nitrogens with zero attached hydrogens (tertiary/aromatic N) is 2. The molecule has 2 aromatic heterocycles. The smallest absolute Gasteiger partial charge is 0.335 e. The highest BCUT2D eigenvalue weighted by Crippen LogP contribution is 2.26. The first-order valence-electron chi connectivity index (χ1n) is 8.97. The number of imide groups is 2. The van der Waals surface area contributed by atoms with Crippen LogP contribution in [0.5, 0.6) is 0 Å². The minimum atomic E-state index is -0.834. The molecule has 3 aromatic rings. The van der Waals surface area contributed by atoms with E-state index in [4.69, 9.17) is 4.42 Å². The van der Waals surface area contributed by atoms with Crippen LogP contribution in [-0.4, -0.2) is 28.6 Å². The third kappa shape index (κ3) is 3.53. The summed E-state index contributed by atoms with van der Waals surface area (Å²) in [5.41, 5.74) is 1.37. The van der Waals surface area contributed by atoms with Crippen molar-refractivity contribution in [3.05, 3.63) is 77.8 Å². The number of aromatic nitrogens is 1. The van der Waals surface area contributed by atoms with Crippen molar-refractivity contribution in [3.63, 3.8) is 0 Å². The van der Waals surface area contributed by atoms with Crippen LogP contribution in [0.1, 0.15) is 23.0 Å². The Kier molecular flexibility index (Phi) is 4.81. The number of hydrogen-bond donors (Lipinski definition) is 1. The van der Waals surface area contributed by atoms with Crippen molar-refractivity contribution in [1.29, 1.82) is 0 Å². The van der Waals surface area contributed by atoms with E-state index in [2.05, 4.69) is 10.3 Å². The van der Waals surface area contributed by atoms with Crippen molar-refractivity contribution in [2.75, 3.05) is 4.90 Å². The van der Waals surface area contributed by atoms with Crippen LogP contribution in [0.4, 0.5) is 10.5 Å². The second-order valence-electron chi connectivity index (χ2n) is 6.50. The lowest BCUT2D eigenvalue weighted by Gasteiger charge is -2.25. The predicted octanol–water partition coefficient (Wildman–Crippen LogP) is 3.21. The van der Waals surface area contributed by atoms with Gasteiger partial charge >= 0.3 is 6.03 Å². The summed E-state index contributed by atoms with van der Waals surface area (Å²) in [5, 5.41) is 2.15. The number of pyridine rings is 1. The Labute approximate surface area is 170 Å². The molecular weight excluding hydrogens is 386 g/mol. The van der Waals surface area contributed by atoms with Crippen LogP contribution >= 0.6 is 0 Å². The van der Waals surface area contributed by atoms with Gasteiger partial charge in [0.15, 0.2) is 5.78 Å².